The monoisotopic (exact) mass is 321 g/mol. The number of amides is 1. The Kier molecular flexibility index (Phi) is 7.15. The van der Waals surface area contributed by atoms with Gasteiger partial charge in [0.1, 0.15) is 5.69 Å². The van der Waals surface area contributed by atoms with E-state index in [1.54, 1.807) is 0 Å². The minimum Gasteiger partial charge on any atom is -0.344 e. The first-order valence-corrected chi connectivity index (χ1v) is 7.29. The summed E-state index contributed by atoms with van der Waals surface area (Å²) in [5.74, 6) is 0.0582. The second-order valence-electron chi connectivity index (χ2n) is 5.27. The fourth-order valence-electron chi connectivity index (χ4n) is 2.33. The van der Waals surface area contributed by atoms with Gasteiger partial charge in [-0.1, -0.05) is 30.3 Å². The number of hydrogen-bond acceptors (Lipinski definition) is 2. The molecule has 2 aromatic rings. The van der Waals surface area contributed by atoms with Crippen LogP contribution in [-0.4, -0.2) is 28.5 Å². The molecule has 120 valence electrons. The average Bonchev–Trinajstić information content (AvgIpc) is 2.84. The fraction of sp³-hybridized carbons (Fsp3) is 0.353. The largest absolute Gasteiger partial charge is 0.344 e. The smallest absolute Gasteiger partial charge is 0.270 e. The van der Waals surface area contributed by atoms with Gasteiger partial charge in [-0.15, -0.1) is 12.4 Å². The van der Waals surface area contributed by atoms with E-state index in [0.717, 1.165) is 23.4 Å². The lowest BCUT2D eigenvalue weighted by molar-refractivity contribution is 0.0732. The summed E-state index contributed by atoms with van der Waals surface area (Å²) < 4.78 is 1.93. The summed E-state index contributed by atoms with van der Waals surface area (Å²) in [4.78, 5) is 14.6. The number of nitrogens with zero attached hydrogens (tertiary/aromatic N) is 2. The van der Waals surface area contributed by atoms with Gasteiger partial charge in [0.2, 0.25) is 0 Å². The van der Waals surface area contributed by atoms with Gasteiger partial charge >= 0.3 is 0 Å². The van der Waals surface area contributed by atoms with Crippen molar-refractivity contribution >= 4 is 18.3 Å². The van der Waals surface area contributed by atoms with Crippen LogP contribution in [0.15, 0.2) is 42.5 Å². The van der Waals surface area contributed by atoms with Crippen molar-refractivity contribution in [3.05, 3.63) is 59.4 Å². The van der Waals surface area contributed by atoms with Gasteiger partial charge < -0.3 is 15.2 Å². The zero-order valence-corrected chi connectivity index (χ0v) is 14.0. The Morgan fingerprint density at radius 1 is 1.18 bits per heavy atom. The first-order valence-electron chi connectivity index (χ1n) is 7.29. The van der Waals surface area contributed by atoms with Crippen molar-refractivity contribution in [1.82, 2.24) is 9.47 Å². The predicted molar refractivity (Wildman–Crippen MR) is 92.3 cm³/mol. The first kappa shape index (κ1) is 18.3. The Labute approximate surface area is 138 Å². The molecule has 1 heterocycles. The molecule has 0 aliphatic rings. The Morgan fingerprint density at radius 2 is 1.86 bits per heavy atom. The van der Waals surface area contributed by atoms with Crippen molar-refractivity contribution in [2.75, 3.05) is 13.1 Å². The van der Waals surface area contributed by atoms with Gasteiger partial charge in [-0.3, -0.25) is 4.79 Å². The summed E-state index contributed by atoms with van der Waals surface area (Å²) in [7, 11) is 1.92. The van der Waals surface area contributed by atoms with Crippen LogP contribution in [0.1, 0.15) is 28.2 Å². The zero-order valence-electron chi connectivity index (χ0n) is 13.2. The molecule has 0 fully saturated rings. The van der Waals surface area contributed by atoms with Gasteiger partial charge in [-0.25, -0.2) is 0 Å². The fourth-order valence-corrected chi connectivity index (χ4v) is 2.33. The SMILES string of the molecule is Cc1ccc(C(=O)N(CCCN)Cc2ccccc2)n1C.Cl. The molecule has 1 aromatic carbocycles. The van der Waals surface area contributed by atoms with Crippen molar-refractivity contribution in [1.29, 1.82) is 0 Å². The lowest BCUT2D eigenvalue weighted by Gasteiger charge is -2.23. The number of carbonyl (C=O) groups is 1. The van der Waals surface area contributed by atoms with Gasteiger partial charge in [0.05, 0.1) is 0 Å². The van der Waals surface area contributed by atoms with Crippen LogP contribution in [0.2, 0.25) is 0 Å². The highest BCUT2D eigenvalue weighted by Gasteiger charge is 2.18. The normalized spacial score (nSPS) is 10.1. The molecule has 0 aliphatic heterocycles. The summed E-state index contributed by atoms with van der Waals surface area (Å²) in [6.07, 6.45) is 0.808. The molecule has 0 saturated carbocycles. The summed E-state index contributed by atoms with van der Waals surface area (Å²) >= 11 is 0. The van der Waals surface area contributed by atoms with E-state index in [9.17, 15) is 4.79 Å². The number of carbonyl (C=O) groups excluding carboxylic acids is 1. The molecule has 2 N–H and O–H groups in total. The third-order valence-corrected chi connectivity index (χ3v) is 3.73. The van der Waals surface area contributed by atoms with E-state index in [-0.39, 0.29) is 18.3 Å². The molecule has 0 spiro atoms. The number of nitrogens with two attached hydrogens (primary N) is 1. The topological polar surface area (TPSA) is 51.3 Å². The van der Waals surface area contributed by atoms with Gasteiger partial charge in [0, 0.05) is 25.8 Å². The minimum atomic E-state index is 0. The van der Waals surface area contributed by atoms with E-state index in [4.69, 9.17) is 5.73 Å². The molecule has 1 amide bonds. The molecule has 22 heavy (non-hydrogen) atoms. The standard InChI is InChI=1S/C17H23N3O.ClH/c1-14-9-10-16(19(14)2)17(21)20(12-6-11-18)13-15-7-4-3-5-8-15;/h3-5,7-10H,6,11-13,18H2,1-2H3;1H. The number of aryl methyl sites for hydroxylation is 1. The molecule has 4 nitrogen and oxygen atoms in total. The zero-order chi connectivity index (χ0) is 15.2. The van der Waals surface area contributed by atoms with Gasteiger partial charge in [0.15, 0.2) is 0 Å². The molecular formula is C17H24ClN3O. The average molecular weight is 322 g/mol. The Balaban J connectivity index is 0.00000242. The molecule has 2 rings (SSSR count). The molecule has 0 atom stereocenters. The molecule has 0 saturated heterocycles. The van der Waals surface area contributed by atoms with Gasteiger partial charge in [-0.2, -0.15) is 0 Å². The molecule has 0 bridgehead atoms. The maximum atomic E-state index is 12.8. The molecule has 5 heteroatoms. The number of halogens is 1. The number of hydrogen-bond donors (Lipinski definition) is 1. The van der Waals surface area contributed by atoms with Crippen LogP contribution in [-0.2, 0) is 13.6 Å². The van der Waals surface area contributed by atoms with Crippen LogP contribution in [0.3, 0.4) is 0 Å². The van der Waals surface area contributed by atoms with E-state index < -0.39 is 0 Å². The van der Waals surface area contributed by atoms with Crippen LogP contribution in [0.4, 0.5) is 0 Å². The Morgan fingerprint density at radius 3 is 2.41 bits per heavy atom. The van der Waals surface area contributed by atoms with Crippen LogP contribution >= 0.6 is 12.4 Å². The second kappa shape index (κ2) is 8.61. The van der Waals surface area contributed by atoms with Crippen molar-refractivity contribution in [2.45, 2.75) is 19.9 Å². The molecular weight excluding hydrogens is 298 g/mol. The quantitative estimate of drug-likeness (QED) is 0.889. The highest BCUT2D eigenvalue weighted by molar-refractivity contribution is 5.93. The molecule has 1 aromatic heterocycles. The third-order valence-electron chi connectivity index (χ3n) is 3.73. The van der Waals surface area contributed by atoms with Crippen LogP contribution in [0, 0.1) is 6.92 Å². The van der Waals surface area contributed by atoms with Gasteiger partial charge in [-0.05, 0) is 37.6 Å². The number of benzene rings is 1. The molecule has 0 radical (unpaired) electrons. The maximum absolute atomic E-state index is 12.8. The van der Waals surface area contributed by atoms with Crippen LogP contribution in [0.25, 0.3) is 0 Å². The van der Waals surface area contributed by atoms with Crippen molar-refractivity contribution in [3.8, 4) is 0 Å². The Bertz CT molecular complexity index is 595. The highest BCUT2D eigenvalue weighted by atomic mass is 35.5. The summed E-state index contributed by atoms with van der Waals surface area (Å²) in [5, 5.41) is 0. The molecule has 0 unspecified atom stereocenters. The van der Waals surface area contributed by atoms with Gasteiger partial charge in [0.25, 0.3) is 5.91 Å². The van der Waals surface area contributed by atoms with E-state index in [2.05, 4.69) is 0 Å². The predicted octanol–water partition coefficient (Wildman–Crippen LogP) is 2.75. The summed E-state index contributed by atoms with van der Waals surface area (Å²) in [6, 6.07) is 13.9. The minimum absolute atomic E-state index is 0. The number of aromatic nitrogens is 1. The Hall–Kier alpha value is -1.78. The van der Waals surface area contributed by atoms with E-state index >= 15 is 0 Å². The molecule has 0 aliphatic carbocycles. The van der Waals surface area contributed by atoms with Crippen molar-refractivity contribution < 1.29 is 4.79 Å². The lowest BCUT2D eigenvalue weighted by Crippen LogP contribution is -2.33. The third kappa shape index (κ3) is 4.36. The second-order valence-corrected chi connectivity index (χ2v) is 5.27. The maximum Gasteiger partial charge on any atom is 0.270 e. The van der Waals surface area contributed by atoms with E-state index in [1.165, 1.54) is 0 Å². The number of rotatable bonds is 6. The van der Waals surface area contributed by atoms with Crippen molar-refractivity contribution in [3.63, 3.8) is 0 Å². The summed E-state index contributed by atoms with van der Waals surface area (Å²) in [6.45, 7) is 3.88. The van der Waals surface area contributed by atoms with Crippen LogP contribution in [0.5, 0.6) is 0 Å². The van der Waals surface area contributed by atoms with E-state index in [1.807, 2.05) is 65.9 Å². The van der Waals surface area contributed by atoms with Crippen LogP contribution < -0.4 is 5.73 Å². The highest BCUT2D eigenvalue weighted by Crippen LogP contribution is 2.13. The lowest BCUT2D eigenvalue weighted by atomic mass is 10.2. The van der Waals surface area contributed by atoms with E-state index in [0.29, 0.717) is 19.6 Å². The first-order chi connectivity index (χ1) is 10.1. The van der Waals surface area contributed by atoms with Crippen molar-refractivity contribution in [2.24, 2.45) is 12.8 Å². The summed E-state index contributed by atoms with van der Waals surface area (Å²) in [5.41, 5.74) is 8.54.